The van der Waals surface area contributed by atoms with Crippen molar-refractivity contribution in [1.82, 2.24) is 0 Å². The molecule has 3 rings (SSSR count). The maximum atomic E-state index is 12.8. The van der Waals surface area contributed by atoms with E-state index in [4.69, 9.17) is 31.1 Å². The van der Waals surface area contributed by atoms with E-state index in [-0.39, 0.29) is 17.3 Å². The summed E-state index contributed by atoms with van der Waals surface area (Å²) in [4.78, 5) is 29.1. The van der Waals surface area contributed by atoms with Crippen molar-refractivity contribution < 1.29 is 38.6 Å². The summed E-state index contributed by atoms with van der Waals surface area (Å²) in [7, 11) is -5.06. The van der Waals surface area contributed by atoms with Gasteiger partial charge in [-0.3, -0.25) is 4.79 Å². The van der Waals surface area contributed by atoms with Crippen LogP contribution in [-0.2, 0) is 45.5 Å². The van der Waals surface area contributed by atoms with Gasteiger partial charge in [-0.15, -0.1) is 0 Å². The number of ether oxygens (including phenoxy) is 1. The van der Waals surface area contributed by atoms with Crippen LogP contribution in [0.25, 0.3) is 0 Å². The Balaban J connectivity index is 0.00000129. The lowest BCUT2D eigenvalue weighted by Gasteiger charge is -2.10. The predicted octanol–water partition coefficient (Wildman–Crippen LogP) is 1.98. The fourth-order valence-corrected chi connectivity index (χ4v) is 3.10. The monoisotopic (exact) mass is 422 g/mol. The second-order valence-electron chi connectivity index (χ2n) is 5.37. The van der Waals surface area contributed by atoms with Crippen molar-refractivity contribution in [2.24, 2.45) is 5.73 Å². The molecular weight excluding hydrogens is 398 g/mol. The van der Waals surface area contributed by atoms with Gasteiger partial charge in [-0.25, -0.2) is 0 Å². The van der Waals surface area contributed by atoms with Crippen LogP contribution in [0.15, 0.2) is 66.2 Å². The molecule has 9 heteroatoms. The number of ketones is 1. The summed E-state index contributed by atoms with van der Waals surface area (Å²) in [5, 5.41) is 0. The molecule has 0 unspecified atom stereocenters. The fraction of sp³-hybridized carbons (Fsp3) is 0.200. The highest BCUT2D eigenvalue weighted by molar-refractivity contribution is 7.86. The van der Waals surface area contributed by atoms with Crippen LogP contribution < -0.4 is 5.73 Å². The number of hydrogen-bond acceptors (Lipinski definition) is 8. The molecule has 0 radical (unpaired) electrons. The van der Waals surface area contributed by atoms with Crippen LogP contribution >= 0.6 is 0 Å². The summed E-state index contributed by atoms with van der Waals surface area (Å²) in [6, 6.07) is 12.2. The number of nitrogens with two attached hydrogens (primary N) is 1. The molecule has 152 valence electrons. The zero-order chi connectivity index (χ0) is 25.9. The second kappa shape index (κ2) is 9.68. The number of aryl methyl sites for hydroxylation is 1. The lowest BCUT2D eigenvalue weighted by Crippen LogP contribution is -2.16. The molecule has 2 N–H and O–H groups in total. The molecule has 0 saturated heterocycles. The SMILES string of the molecule is O=C=O.[2H]C([2H])(C)c1ccc([C@]2([2H])OC(N)=C(OS(=O)(=O)C([2H])([2H])c3ccccc3)C2=O)cc1. The van der Waals surface area contributed by atoms with Gasteiger partial charge in [-0.2, -0.15) is 18.0 Å². The second-order valence-corrected chi connectivity index (χ2v) is 6.65. The highest BCUT2D eigenvalue weighted by Crippen LogP contribution is 2.32. The molecule has 0 saturated carbocycles. The molecule has 0 bridgehead atoms. The highest BCUT2D eigenvalue weighted by Gasteiger charge is 2.39. The van der Waals surface area contributed by atoms with E-state index in [1.807, 2.05) is 0 Å². The Hall–Kier alpha value is -3.42. The molecular formula is C20H19NO7S. The standard InChI is InChI=1S/C19H19NO5S.CO2/c1-2-13-8-10-15(11-9-13)17-16(21)18(19(20)24-17)25-26(22,23)12-14-6-4-3-5-7-14;2-1-3/h3-11,17H,2,12,20H2,1H3;/t17-;/m0./s1/i2D2,12D2,17D;. The fourth-order valence-electron chi connectivity index (χ4n) is 2.26. The van der Waals surface area contributed by atoms with Crippen LogP contribution in [0.3, 0.4) is 0 Å². The van der Waals surface area contributed by atoms with Gasteiger partial charge in [0.1, 0.15) is 5.70 Å². The summed E-state index contributed by atoms with van der Waals surface area (Å²) in [5.74, 6) is -3.00. The van der Waals surface area contributed by atoms with Crippen LogP contribution in [0.5, 0.6) is 0 Å². The first kappa shape index (κ1) is 15.5. The van der Waals surface area contributed by atoms with E-state index < -0.39 is 45.7 Å². The molecule has 0 aliphatic carbocycles. The number of hydrogen-bond donors (Lipinski definition) is 1. The van der Waals surface area contributed by atoms with Crippen LogP contribution in [0, 0.1) is 0 Å². The molecule has 2 aromatic rings. The topological polar surface area (TPSA) is 130 Å². The first-order valence-electron chi connectivity index (χ1n) is 10.4. The lowest BCUT2D eigenvalue weighted by molar-refractivity contribution is -0.191. The van der Waals surface area contributed by atoms with Gasteiger partial charge in [0.05, 0.1) is 4.11 Å². The van der Waals surface area contributed by atoms with E-state index in [1.165, 1.54) is 55.5 Å². The minimum atomic E-state index is -5.06. The average molecular weight is 422 g/mol. The number of carbonyl (C=O) groups is 1. The van der Waals surface area contributed by atoms with Crippen LogP contribution in [-0.4, -0.2) is 20.4 Å². The van der Waals surface area contributed by atoms with E-state index in [0.717, 1.165) is 0 Å². The third kappa shape index (κ3) is 5.78. The number of rotatable bonds is 6. The zero-order valence-corrected chi connectivity index (χ0v) is 15.9. The van der Waals surface area contributed by atoms with Crippen molar-refractivity contribution in [2.75, 3.05) is 0 Å². The van der Waals surface area contributed by atoms with Gasteiger partial charge in [-0.1, -0.05) is 61.5 Å². The summed E-state index contributed by atoms with van der Waals surface area (Å²) >= 11 is 0. The first-order valence-corrected chi connectivity index (χ1v) is 9.36. The summed E-state index contributed by atoms with van der Waals surface area (Å²) < 4.78 is 74.8. The molecule has 0 amide bonds. The highest BCUT2D eigenvalue weighted by atomic mass is 32.2. The number of benzene rings is 2. The van der Waals surface area contributed by atoms with Crippen LogP contribution in [0.1, 0.15) is 36.5 Å². The molecule has 1 heterocycles. The summed E-state index contributed by atoms with van der Waals surface area (Å²) in [6.07, 6.45) is -3.87. The largest absolute Gasteiger partial charge is 0.460 e. The van der Waals surface area contributed by atoms with Gasteiger partial charge in [0.15, 0.2) is 6.08 Å². The third-order valence-corrected chi connectivity index (χ3v) is 4.37. The van der Waals surface area contributed by atoms with Crippen molar-refractivity contribution in [3.8, 4) is 0 Å². The lowest BCUT2D eigenvalue weighted by atomic mass is 10.0. The summed E-state index contributed by atoms with van der Waals surface area (Å²) in [6.45, 7) is 1.34. The van der Waals surface area contributed by atoms with E-state index in [1.54, 1.807) is 6.07 Å². The molecule has 0 aromatic heterocycles. The molecule has 0 fully saturated rings. The van der Waals surface area contributed by atoms with E-state index in [2.05, 4.69) is 0 Å². The molecule has 2 aromatic carbocycles. The maximum absolute atomic E-state index is 12.8. The Kier molecular flexibility index (Phi) is 5.17. The Labute approximate surface area is 175 Å². The van der Waals surface area contributed by atoms with Gasteiger partial charge in [0.2, 0.25) is 17.4 Å². The van der Waals surface area contributed by atoms with Crippen molar-refractivity contribution >= 4 is 22.1 Å². The predicted molar refractivity (Wildman–Crippen MR) is 101 cm³/mol. The van der Waals surface area contributed by atoms with Crippen molar-refractivity contribution in [3.05, 3.63) is 82.9 Å². The van der Waals surface area contributed by atoms with Crippen molar-refractivity contribution in [1.29, 1.82) is 0 Å². The van der Waals surface area contributed by atoms with Gasteiger partial charge in [0, 0.05) is 8.30 Å². The third-order valence-electron chi connectivity index (χ3n) is 3.49. The minimum absolute atomic E-state index is 0.0319. The van der Waals surface area contributed by atoms with Gasteiger partial charge in [0.25, 0.3) is 0 Å². The Morgan fingerprint density at radius 1 is 1.14 bits per heavy atom. The molecule has 1 aliphatic rings. The quantitative estimate of drug-likeness (QED) is 0.700. The Morgan fingerprint density at radius 3 is 2.28 bits per heavy atom. The Bertz CT molecular complexity index is 1240. The zero-order valence-electron chi connectivity index (χ0n) is 20.0. The van der Waals surface area contributed by atoms with Gasteiger partial charge in [-0.05, 0) is 17.5 Å². The van der Waals surface area contributed by atoms with E-state index in [9.17, 15) is 13.2 Å². The molecule has 0 spiro atoms. The average Bonchev–Trinajstić information content (AvgIpc) is 2.98. The van der Waals surface area contributed by atoms with Crippen LogP contribution in [0.2, 0.25) is 0 Å². The van der Waals surface area contributed by atoms with E-state index in [0.29, 0.717) is 5.56 Å². The van der Waals surface area contributed by atoms with Gasteiger partial charge >= 0.3 is 16.3 Å². The number of Topliss-reactive ketones (excluding diaryl/α,β-unsaturated/α-hetero) is 1. The molecule has 1 aliphatic heterocycles. The maximum Gasteiger partial charge on any atom is 0.373 e. The molecule has 29 heavy (non-hydrogen) atoms. The Morgan fingerprint density at radius 2 is 1.72 bits per heavy atom. The van der Waals surface area contributed by atoms with Gasteiger partial charge < -0.3 is 14.7 Å². The molecule has 8 nitrogen and oxygen atoms in total. The number of carbonyl (C=O) groups excluding carboxylic acids is 3. The normalized spacial score (nSPS) is 21.8. The molecule has 1 atom stereocenters. The van der Waals surface area contributed by atoms with Crippen LogP contribution in [0.4, 0.5) is 0 Å². The first-order chi connectivity index (χ1) is 15.6. The smallest absolute Gasteiger partial charge is 0.373 e. The van der Waals surface area contributed by atoms with Crippen molar-refractivity contribution in [2.45, 2.75) is 25.1 Å². The summed E-state index contributed by atoms with van der Waals surface area (Å²) in [5.41, 5.74) is 2.65. The van der Waals surface area contributed by atoms with E-state index >= 15 is 0 Å². The van der Waals surface area contributed by atoms with Crippen molar-refractivity contribution in [3.63, 3.8) is 0 Å². The minimum Gasteiger partial charge on any atom is -0.460 e.